The van der Waals surface area contributed by atoms with Gasteiger partial charge in [-0.3, -0.25) is 33.6 Å². The quantitative estimate of drug-likeness (QED) is 0.0265. The number of carbonyl (C=O) groups is 8. The summed E-state index contributed by atoms with van der Waals surface area (Å²) in [5, 5.41) is 44.4. The molecule has 3 atom stereocenters. The minimum absolute atomic E-state index is 0.0216. The molecule has 0 radical (unpaired) electrons. The number of carboxylic acid groups (broad SMARTS) is 3. The molecule has 1 fully saturated rings. The van der Waals surface area contributed by atoms with Gasteiger partial charge in [0.1, 0.15) is 6.04 Å². The Morgan fingerprint density at radius 2 is 0.871 bits per heavy atom. The Balaban J connectivity index is 2.03. The molecule has 18 nitrogen and oxygen atoms in total. The highest BCUT2D eigenvalue weighted by Crippen LogP contribution is 2.29. The van der Waals surface area contributed by atoms with Gasteiger partial charge in [0.25, 0.3) is 0 Å². The summed E-state index contributed by atoms with van der Waals surface area (Å²) >= 11 is 0. The van der Waals surface area contributed by atoms with Gasteiger partial charge in [-0.1, -0.05) is 96.3 Å². The zero-order chi connectivity index (χ0) is 51.6. The highest BCUT2D eigenvalue weighted by Gasteiger charge is 2.30. The first-order chi connectivity index (χ1) is 33.7. The first-order valence-electron chi connectivity index (χ1n) is 27.2. The Kier molecular flexibility index (Phi) is 38.6. The second kappa shape index (κ2) is 42.4. The van der Waals surface area contributed by atoms with E-state index in [9.17, 15) is 43.5 Å². The molecule has 0 saturated heterocycles. The molecule has 1 aliphatic carbocycles. The van der Waals surface area contributed by atoms with Crippen LogP contribution in [0.3, 0.4) is 0 Å². The lowest BCUT2D eigenvalue weighted by molar-refractivity contribution is -0.143. The van der Waals surface area contributed by atoms with Gasteiger partial charge in [0, 0.05) is 57.8 Å². The van der Waals surface area contributed by atoms with Crippen molar-refractivity contribution in [1.82, 2.24) is 31.8 Å². The number of aliphatic carboxylic acids is 3. The van der Waals surface area contributed by atoms with E-state index in [4.69, 9.17) is 15.9 Å². The maximum Gasteiger partial charge on any atom is 0.326 e. The van der Waals surface area contributed by atoms with E-state index >= 15 is 0 Å². The molecule has 70 heavy (non-hydrogen) atoms. The van der Waals surface area contributed by atoms with Crippen molar-refractivity contribution < 1.29 is 53.7 Å². The van der Waals surface area contributed by atoms with E-state index in [1.807, 2.05) is 0 Å². The molecular weight excluding hydrogens is 897 g/mol. The van der Waals surface area contributed by atoms with Crippen molar-refractivity contribution in [3.63, 3.8) is 0 Å². The van der Waals surface area contributed by atoms with Gasteiger partial charge in [-0.25, -0.2) is 4.79 Å². The smallest absolute Gasteiger partial charge is 0.326 e. The summed E-state index contributed by atoms with van der Waals surface area (Å²) in [6, 6.07) is -2.41. The Labute approximate surface area is 419 Å². The fourth-order valence-corrected chi connectivity index (χ4v) is 8.88. The van der Waals surface area contributed by atoms with Crippen molar-refractivity contribution in [3.8, 4) is 0 Å². The van der Waals surface area contributed by atoms with Crippen LogP contribution in [-0.4, -0.2) is 115 Å². The van der Waals surface area contributed by atoms with E-state index in [2.05, 4.69) is 31.8 Å². The molecule has 0 aliphatic heterocycles. The molecule has 5 amide bonds. The molecule has 0 aromatic carbocycles. The fourth-order valence-electron chi connectivity index (χ4n) is 8.88. The van der Waals surface area contributed by atoms with Crippen molar-refractivity contribution in [2.45, 2.75) is 236 Å². The van der Waals surface area contributed by atoms with Gasteiger partial charge in [0.05, 0.1) is 12.1 Å². The number of unbranched alkanes of at least 4 members (excludes halogenated alkanes) is 19. The number of amides is 5. The van der Waals surface area contributed by atoms with Crippen molar-refractivity contribution in [2.75, 3.05) is 26.2 Å². The molecule has 0 aromatic heterocycles. The molecule has 0 bridgehead atoms. The Hall–Kier alpha value is -4.26. The lowest BCUT2D eigenvalue weighted by atomic mass is 9.81. The van der Waals surface area contributed by atoms with E-state index in [-0.39, 0.29) is 54.2 Å². The molecule has 0 unspecified atom stereocenters. The largest absolute Gasteiger partial charge is 0.481 e. The normalized spacial score (nSPS) is 15.8. The summed E-state index contributed by atoms with van der Waals surface area (Å²) in [5.41, 5.74) is 5.98. The molecule has 19 heteroatoms. The molecule has 1 aliphatic rings. The summed E-state index contributed by atoms with van der Waals surface area (Å²) in [5.74, 6) is -3.63. The van der Waals surface area contributed by atoms with Crippen LogP contribution >= 0.6 is 0 Å². The third-order valence-electron chi connectivity index (χ3n) is 13.5. The molecular formula is C51H94BN7O11. The third-order valence-corrected chi connectivity index (χ3v) is 13.5. The minimum Gasteiger partial charge on any atom is -0.481 e. The lowest BCUT2D eigenvalue weighted by Gasteiger charge is -2.28. The number of carbonyl (C=O) groups excluding carboxylic acids is 5. The highest BCUT2D eigenvalue weighted by atomic mass is 16.4. The van der Waals surface area contributed by atoms with Crippen molar-refractivity contribution in [3.05, 3.63) is 0 Å². The number of rotatable bonds is 46. The molecule has 0 spiro atoms. The zero-order valence-electron chi connectivity index (χ0n) is 42.9. The predicted molar refractivity (Wildman–Crippen MR) is 274 cm³/mol. The van der Waals surface area contributed by atoms with Crippen LogP contribution in [0.5, 0.6) is 0 Å². The second-order valence-corrected chi connectivity index (χ2v) is 19.6. The van der Waals surface area contributed by atoms with Crippen LogP contribution in [0.1, 0.15) is 218 Å². The van der Waals surface area contributed by atoms with Crippen molar-refractivity contribution in [1.29, 1.82) is 0 Å². The number of hydrogen-bond donors (Lipinski definition) is 10. The van der Waals surface area contributed by atoms with Crippen LogP contribution in [0.15, 0.2) is 0 Å². The molecule has 11 N–H and O–H groups in total. The van der Waals surface area contributed by atoms with Crippen LogP contribution in [0.25, 0.3) is 0 Å². The van der Waals surface area contributed by atoms with Crippen molar-refractivity contribution in [2.24, 2.45) is 17.6 Å². The SMILES string of the molecule is BN[C@@H](CCCCNC(=O)[C@@H](N)CCCCNC(=O)CCCCCNC(=O)CC[C@H](NC(=O)C1CCC(CNC(=O)CCCCCCCCCCCCCCCCCCC(=O)O)CC1)C(=O)O)C(=O)O. The van der Waals surface area contributed by atoms with Gasteiger partial charge in [-0.05, 0) is 102 Å². The van der Waals surface area contributed by atoms with Gasteiger partial charge >= 0.3 is 17.9 Å². The standard InChI is InChI=1S/C51H94BN7O11/c52-59-43(51(69)70)25-20-23-37-56-49(66)41(53)24-19-22-36-54-44(60)26-17-15-21-35-55-46(62)34-33-42(50(67)68)58-48(65)40-31-29-39(30-32-40)38-57-45(61)27-16-13-11-9-7-5-3-1-2-4-6-8-10-12-14-18-28-47(63)64/h39-43,59H,1-38,52-53H2,(H,54,60)(H,55,62)(H,56,66)(H,57,61)(H,58,65)(H,63,64)(H,67,68)(H,69,70)/t39?,40?,41-,42-,43-/m0/s1. The lowest BCUT2D eigenvalue weighted by Crippen LogP contribution is -2.45. The van der Waals surface area contributed by atoms with Crippen LogP contribution in [-0.2, 0) is 38.4 Å². The summed E-state index contributed by atoms with van der Waals surface area (Å²) in [7, 11) is 1.60. The topological polar surface area (TPSA) is 295 Å². The number of hydrogen-bond acceptors (Lipinski definition) is 10. The first-order valence-corrected chi connectivity index (χ1v) is 27.2. The average molecular weight is 992 g/mol. The highest BCUT2D eigenvalue weighted by molar-refractivity contribution is 6.06. The summed E-state index contributed by atoms with van der Waals surface area (Å²) in [6.07, 6.45) is 28.3. The zero-order valence-corrected chi connectivity index (χ0v) is 42.9. The van der Waals surface area contributed by atoms with Crippen LogP contribution in [0.2, 0.25) is 0 Å². The van der Waals surface area contributed by atoms with Crippen LogP contribution in [0.4, 0.5) is 0 Å². The van der Waals surface area contributed by atoms with Gasteiger partial charge < -0.3 is 52.9 Å². The number of carboxylic acids is 3. The summed E-state index contributed by atoms with van der Waals surface area (Å²) in [4.78, 5) is 95.8. The Morgan fingerprint density at radius 3 is 1.36 bits per heavy atom. The number of nitrogens with one attached hydrogen (secondary N) is 6. The molecule has 0 aromatic rings. The van der Waals surface area contributed by atoms with E-state index < -0.39 is 36.0 Å². The molecule has 1 saturated carbocycles. The van der Waals surface area contributed by atoms with Gasteiger partial charge in [0.2, 0.25) is 29.5 Å². The molecule has 0 heterocycles. The third kappa shape index (κ3) is 35.8. The van der Waals surface area contributed by atoms with E-state index in [1.54, 1.807) is 7.98 Å². The van der Waals surface area contributed by atoms with Gasteiger partial charge in [0.15, 0.2) is 7.98 Å². The van der Waals surface area contributed by atoms with E-state index in [0.717, 1.165) is 57.8 Å². The average Bonchev–Trinajstić information content (AvgIpc) is 3.33. The van der Waals surface area contributed by atoms with Gasteiger partial charge in [-0.2, -0.15) is 0 Å². The maximum atomic E-state index is 13.0. The van der Waals surface area contributed by atoms with E-state index in [1.165, 1.54) is 64.2 Å². The Bertz CT molecular complexity index is 1480. The van der Waals surface area contributed by atoms with Crippen molar-refractivity contribution >= 4 is 55.4 Å². The first kappa shape index (κ1) is 63.8. The molecule has 402 valence electrons. The van der Waals surface area contributed by atoms with Gasteiger partial charge in [-0.15, -0.1) is 0 Å². The summed E-state index contributed by atoms with van der Waals surface area (Å²) < 4.78 is 0. The molecule has 1 rings (SSSR count). The summed E-state index contributed by atoms with van der Waals surface area (Å²) in [6.45, 7) is 1.90. The minimum atomic E-state index is -1.18. The fraction of sp³-hybridized carbons (Fsp3) is 0.843. The number of nitrogens with two attached hydrogens (primary N) is 1. The monoisotopic (exact) mass is 992 g/mol. The predicted octanol–water partition coefficient (Wildman–Crippen LogP) is 5.53. The second-order valence-electron chi connectivity index (χ2n) is 19.6. The van der Waals surface area contributed by atoms with E-state index in [0.29, 0.717) is 110 Å². The Morgan fingerprint density at radius 1 is 0.457 bits per heavy atom. The van der Waals surface area contributed by atoms with Crippen LogP contribution < -0.4 is 37.5 Å². The van der Waals surface area contributed by atoms with Crippen LogP contribution in [0, 0.1) is 11.8 Å². The maximum absolute atomic E-state index is 13.0.